The minimum atomic E-state index is -5.07. The van der Waals surface area contributed by atoms with Crippen molar-refractivity contribution in [2.75, 3.05) is 0 Å². The summed E-state index contributed by atoms with van der Waals surface area (Å²) in [5, 5.41) is 24.6. The van der Waals surface area contributed by atoms with Gasteiger partial charge in [0.25, 0.3) is 11.6 Å². The Bertz CT molecular complexity index is 732. The first-order valence-corrected chi connectivity index (χ1v) is 8.17. The van der Waals surface area contributed by atoms with Crippen molar-refractivity contribution in [2.24, 2.45) is 11.0 Å². The van der Waals surface area contributed by atoms with E-state index in [1.807, 2.05) is 0 Å². The van der Waals surface area contributed by atoms with E-state index in [4.69, 9.17) is 0 Å². The topological polar surface area (TPSA) is 73.1 Å². The number of amides is 1. The summed E-state index contributed by atoms with van der Waals surface area (Å²) in [7, 11) is 0. The molecule has 1 fully saturated rings. The summed E-state index contributed by atoms with van der Waals surface area (Å²) < 4.78 is 41.3. The smallest absolute Gasteiger partial charge is 0.439 e. The van der Waals surface area contributed by atoms with Gasteiger partial charge >= 0.3 is 6.18 Å². The third-order valence-electron chi connectivity index (χ3n) is 4.94. The molecule has 1 heterocycles. The van der Waals surface area contributed by atoms with Crippen LogP contribution >= 0.6 is 0 Å². The van der Waals surface area contributed by atoms with Gasteiger partial charge in [-0.3, -0.25) is 4.79 Å². The highest BCUT2D eigenvalue weighted by Gasteiger charge is 2.68. The van der Waals surface area contributed by atoms with Crippen LogP contribution in [-0.4, -0.2) is 38.7 Å². The standard InChI is InChI=1S/C17H19F3N2O3/c1-10-6-5-7-11(14(10)23)15(24)22-16(25,17(18,19)20)12-8-3-2-4-9-13(12)21-22/h5-7,12,23,25H,2-4,8-9H2,1H3/t12-,16-/m1/s1. The molecule has 1 aromatic rings. The van der Waals surface area contributed by atoms with Gasteiger partial charge in [-0.15, -0.1) is 0 Å². The van der Waals surface area contributed by atoms with Gasteiger partial charge in [-0.2, -0.15) is 23.3 Å². The summed E-state index contributed by atoms with van der Waals surface area (Å²) in [5.74, 6) is -2.85. The number of hydrogen-bond acceptors (Lipinski definition) is 4. The zero-order chi connectivity index (χ0) is 18.4. The zero-order valence-electron chi connectivity index (χ0n) is 13.7. The van der Waals surface area contributed by atoms with Crippen molar-refractivity contribution in [3.05, 3.63) is 29.3 Å². The summed E-state index contributed by atoms with van der Waals surface area (Å²) in [5.41, 5.74) is -3.16. The molecule has 0 aromatic heterocycles. The van der Waals surface area contributed by atoms with Gasteiger partial charge in [0, 0.05) is 5.71 Å². The summed E-state index contributed by atoms with van der Waals surface area (Å²) in [6.07, 6.45) is -2.69. The third-order valence-corrected chi connectivity index (χ3v) is 4.94. The van der Waals surface area contributed by atoms with E-state index in [0.29, 0.717) is 24.8 Å². The number of carbonyl (C=O) groups excluding carboxylic acids is 1. The Morgan fingerprint density at radius 1 is 1.32 bits per heavy atom. The Morgan fingerprint density at radius 3 is 2.72 bits per heavy atom. The number of halogens is 3. The predicted molar refractivity (Wildman–Crippen MR) is 84.0 cm³/mol. The number of benzene rings is 1. The second-order valence-electron chi connectivity index (χ2n) is 6.56. The van der Waals surface area contributed by atoms with E-state index in [1.165, 1.54) is 25.1 Å². The van der Waals surface area contributed by atoms with E-state index in [9.17, 15) is 28.2 Å². The first kappa shape index (κ1) is 17.7. The maximum atomic E-state index is 13.8. The molecule has 0 saturated heterocycles. The van der Waals surface area contributed by atoms with E-state index in [-0.39, 0.29) is 22.7 Å². The molecular weight excluding hydrogens is 337 g/mol. The van der Waals surface area contributed by atoms with Crippen LogP contribution in [0.1, 0.15) is 48.0 Å². The highest BCUT2D eigenvalue weighted by Crippen LogP contribution is 2.48. The summed E-state index contributed by atoms with van der Waals surface area (Å²) >= 11 is 0. The SMILES string of the molecule is Cc1cccc(C(=O)N2N=C3CCCCC[C@H]3[C@@]2(O)C(F)(F)F)c1O. The second-order valence-corrected chi connectivity index (χ2v) is 6.56. The maximum Gasteiger partial charge on any atom is 0.439 e. The van der Waals surface area contributed by atoms with Crippen LogP contribution in [0.25, 0.3) is 0 Å². The number of rotatable bonds is 1. The summed E-state index contributed by atoms with van der Waals surface area (Å²) in [4.78, 5) is 12.7. The van der Waals surface area contributed by atoms with Gasteiger partial charge in [-0.25, -0.2) is 0 Å². The van der Waals surface area contributed by atoms with Crippen LogP contribution in [0.4, 0.5) is 13.2 Å². The third kappa shape index (κ3) is 2.68. The number of aryl methyl sites for hydroxylation is 1. The van der Waals surface area contributed by atoms with Crippen LogP contribution in [-0.2, 0) is 0 Å². The van der Waals surface area contributed by atoms with Gasteiger partial charge in [-0.05, 0) is 37.8 Å². The molecule has 2 atom stereocenters. The normalized spacial score (nSPS) is 26.8. The molecule has 1 amide bonds. The van der Waals surface area contributed by atoms with Crippen LogP contribution in [0.3, 0.4) is 0 Å². The molecule has 1 aliphatic carbocycles. The Balaban J connectivity index is 2.09. The molecule has 2 aliphatic rings. The van der Waals surface area contributed by atoms with Crippen LogP contribution in [0, 0.1) is 12.8 Å². The van der Waals surface area contributed by atoms with Gasteiger partial charge in [0.05, 0.1) is 11.5 Å². The quantitative estimate of drug-likeness (QED) is 0.811. The van der Waals surface area contributed by atoms with E-state index in [1.54, 1.807) is 0 Å². The summed E-state index contributed by atoms with van der Waals surface area (Å²) in [6.45, 7) is 1.53. The number of aliphatic hydroxyl groups is 1. The number of hydrogen-bond donors (Lipinski definition) is 2. The molecule has 25 heavy (non-hydrogen) atoms. The minimum Gasteiger partial charge on any atom is -0.507 e. The fourth-order valence-electron chi connectivity index (χ4n) is 3.54. The highest BCUT2D eigenvalue weighted by molar-refractivity contribution is 6.01. The zero-order valence-corrected chi connectivity index (χ0v) is 13.7. The van der Waals surface area contributed by atoms with Crippen molar-refractivity contribution in [2.45, 2.75) is 50.9 Å². The van der Waals surface area contributed by atoms with Crippen molar-refractivity contribution in [1.29, 1.82) is 0 Å². The van der Waals surface area contributed by atoms with Gasteiger partial charge in [0.1, 0.15) is 5.75 Å². The van der Waals surface area contributed by atoms with Crippen molar-refractivity contribution in [1.82, 2.24) is 5.01 Å². The molecule has 3 rings (SSSR count). The van der Waals surface area contributed by atoms with E-state index in [0.717, 1.165) is 6.42 Å². The van der Waals surface area contributed by atoms with Crippen LogP contribution < -0.4 is 0 Å². The fourth-order valence-corrected chi connectivity index (χ4v) is 3.54. The Kier molecular flexibility index (Phi) is 4.26. The monoisotopic (exact) mass is 356 g/mol. The van der Waals surface area contributed by atoms with Crippen molar-refractivity contribution >= 4 is 11.6 Å². The largest absolute Gasteiger partial charge is 0.507 e. The number of hydrazone groups is 1. The van der Waals surface area contributed by atoms with Gasteiger partial charge < -0.3 is 10.2 Å². The average Bonchev–Trinajstić information content (AvgIpc) is 2.70. The number of phenolic OH excluding ortho intramolecular Hbond substituents is 1. The molecule has 0 spiro atoms. The Hall–Kier alpha value is -2.09. The number of phenols is 1. The van der Waals surface area contributed by atoms with E-state index < -0.39 is 29.5 Å². The molecule has 1 saturated carbocycles. The molecule has 2 N–H and O–H groups in total. The van der Waals surface area contributed by atoms with Gasteiger partial charge in [0.15, 0.2) is 0 Å². The molecule has 1 aromatic carbocycles. The molecule has 5 nitrogen and oxygen atoms in total. The number of nitrogens with zero attached hydrogens (tertiary/aromatic N) is 2. The fraction of sp³-hybridized carbons (Fsp3) is 0.529. The number of aromatic hydroxyl groups is 1. The lowest BCUT2D eigenvalue weighted by Crippen LogP contribution is -2.61. The van der Waals surface area contributed by atoms with Gasteiger partial charge in [0.2, 0.25) is 0 Å². The molecule has 8 heteroatoms. The van der Waals surface area contributed by atoms with Crippen molar-refractivity contribution in [3.63, 3.8) is 0 Å². The minimum absolute atomic E-state index is 0.110. The Morgan fingerprint density at radius 2 is 2.04 bits per heavy atom. The van der Waals surface area contributed by atoms with Gasteiger partial charge in [-0.1, -0.05) is 25.0 Å². The molecule has 0 bridgehead atoms. The number of fused-ring (bicyclic) bond motifs is 1. The number of alkyl halides is 3. The number of carbonyl (C=O) groups is 1. The number of para-hydroxylation sites is 1. The van der Waals surface area contributed by atoms with Crippen LogP contribution in [0.15, 0.2) is 23.3 Å². The predicted octanol–water partition coefficient (Wildman–Crippen LogP) is 3.34. The van der Waals surface area contributed by atoms with Crippen LogP contribution in [0.2, 0.25) is 0 Å². The molecule has 0 unspecified atom stereocenters. The lowest BCUT2D eigenvalue weighted by molar-refractivity contribution is -0.312. The maximum absolute atomic E-state index is 13.8. The van der Waals surface area contributed by atoms with Crippen LogP contribution in [0.5, 0.6) is 5.75 Å². The first-order valence-electron chi connectivity index (χ1n) is 8.17. The van der Waals surface area contributed by atoms with Crippen molar-refractivity contribution < 1.29 is 28.2 Å². The molecule has 1 aliphatic heterocycles. The lowest BCUT2D eigenvalue weighted by Gasteiger charge is -2.37. The highest BCUT2D eigenvalue weighted by atomic mass is 19.4. The lowest BCUT2D eigenvalue weighted by atomic mass is 9.87. The average molecular weight is 356 g/mol. The second kappa shape index (κ2) is 6.01. The molecule has 136 valence electrons. The first-order chi connectivity index (χ1) is 11.7. The molecule has 0 radical (unpaired) electrons. The van der Waals surface area contributed by atoms with Crippen molar-refractivity contribution in [3.8, 4) is 5.75 Å². The Labute approximate surface area is 142 Å². The van der Waals surface area contributed by atoms with E-state index >= 15 is 0 Å². The summed E-state index contributed by atoms with van der Waals surface area (Å²) in [6, 6.07) is 4.20. The molecular formula is C17H19F3N2O3. The van der Waals surface area contributed by atoms with E-state index in [2.05, 4.69) is 5.10 Å².